The molecule has 21 heavy (non-hydrogen) atoms. The number of rotatable bonds is 3. The van der Waals surface area contributed by atoms with Gasteiger partial charge in [-0.05, 0) is 26.0 Å². The average molecular weight is 337 g/mol. The van der Waals surface area contributed by atoms with E-state index in [0.717, 1.165) is 6.54 Å². The highest BCUT2D eigenvalue weighted by atomic mass is 35.5. The first-order valence-corrected chi connectivity index (χ1v) is 6.97. The molecular formula is C14H19Cl2FN2O2. The maximum absolute atomic E-state index is 13.0. The predicted molar refractivity (Wildman–Crippen MR) is 82.8 cm³/mol. The molecule has 1 aromatic carbocycles. The summed E-state index contributed by atoms with van der Waals surface area (Å²) in [5.41, 5.74) is 0. The van der Waals surface area contributed by atoms with E-state index in [9.17, 15) is 9.18 Å². The third-order valence-electron chi connectivity index (χ3n) is 3.61. The molecule has 1 N–H and O–H groups in total. The van der Waals surface area contributed by atoms with Crippen molar-refractivity contribution >= 4 is 29.9 Å². The molecule has 1 saturated heterocycles. The van der Waals surface area contributed by atoms with Gasteiger partial charge in [0, 0.05) is 31.2 Å². The van der Waals surface area contributed by atoms with E-state index >= 15 is 0 Å². The van der Waals surface area contributed by atoms with Gasteiger partial charge in [-0.15, -0.1) is 12.4 Å². The second-order valence-electron chi connectivity index (χ2n) is 4.94. The minimum atomic E-state index is -0.505. The van der Waals surface area contributed by atoms with Crippen molar-refractivity contribution in [1.82, 2.24) is 10.2 Å². The Labute approximate surface area is 135 Å². The van der Waals surface area contributed by atoms with Crippen LogP contribution >= 0.6 is 24.0 Å². The summed E-state index contributed by atoms with van der Waals surface area (Å²) in [4.78, 5) is 13.9. The van der Waals surface area contributed by atoms with Gasteiger partial charge in [0.1, 0.15) is 11.6 Å². The molecule has 0 spiro atoms. The molecule has 7 heteroatoms. The van der Waals surface area contributed by atoms with Gasteiger partial charge in [0.15, 0.2) is 6.61 Å². The molecule has 1 aliphatic rings. The van der Waals surface area contributed by atoms with Crippen LogP contribution in [-0.4, -0.2) is 42.6 Å². The highest BCUT2D eigenvalue weighted by molar-refractivity contribution is 6.30. The second kappa shape index (κ2) is 7.82. The Morgan fingerprint density at radius 1 is 1.52 bits per heavy atom. The number of hydrogen-bond donors (Lipinski definition) is 1. The summed E-state index contributed by atoms with van der Waals surface area (Å²) in [5.74, 6) is -0.193. The lowest BCUT2D eigenvalue weighted by atomic mass is 10.1. The summed E-state index contributed by atoms with van der Waals surface area (Å²) in [5, 5.41) is 3.30. The SMILES string of the molecule is CC1NCCN(C(=O)COc2ccc(F)c(Cl)c2)C1C.Cl. The summed E-state index contributed by atoms with van der Waals surface area (Å²) in [7, 11) is 0. The van der Waals surface area contributed by atoms with Crippen molar-refractivity contribution in [2.75, 3.05) is 19.7 Å². The third kappa shape index (κ3) is 4.46. The Hall–Kier alpha value is -1.04. The van der Waals surface area contributed by atoms with Gasteiger partial charge in [0.25, 0.3) is 5.91 Å². The van der Waals surface area contributed by atoms with E-state index in [1.807, 2.05) is 13.8 Å². The minimum Gasteiger partial charge on any atom is -0.484 e. The molecule has 4 nitrogen and oxygen atoms in total. The molecule has 1 fully saturated rings. The molecule has 0 bridgehead atoms. The fourth-order valence-corrected chi connectivity index (χ4v) is 2.37. The number of piperazine rings is 1. The number of carbonyl (C=O) groups is 1. The lowest BCUT2D eigenvalue weighted by molar-refractivity contribution is -0.137. The van der Waals surface area contributed by atoms with Gasteiger partial charge in [0.2, 0.25) is 0 Å². The van der Waals surface area contributed by atoms with E-state index in [4.69, 9.17) is 16.3 Å². The number of ether oxygens (including phenoxy) is 1. The third-order valence-corrected chi connectivity index (χ3v) is 3.90. The minimum absolute atomic E-state index is 0. The fraction of sp³-hybridized carbons (Fsp3) is 0.500. The van der Waals surface area contributed by atoms with Crippen molar-refractivity contribution in [3.8, 4) is 5.75 Å². The van der Waals surface area contributed by atoms with E-state index in [-0.39, 0.29) is 42.0 Å². The summed E-state index contributed by atoms with van der Waals surface area (Å²) < 4.78 is 18.4. The summed E-state index contributed by atoms with van der Waals surface area (Å²) >= 11 is 5.66. The molecule has 1 heterocycles. The lowest BCUT2D eigenvalue weighted by Crippen LogP contribution is -2.58. The van der Waals surface area contributed by atoms with Crippen LogP contribution in [0.1, 0.15) is 13.8 Å². The van der Waals surface area contributed by atoms with Crippen molar-refractivity contribution in [3.05, 3.63) is 29.0 Å². The Bertz CT molecular complexity index is 502. The zero-order chi connectivity index (χ0) is 14.7. The van der Waals surface area contributed by atoms with Crippen LogP contribution in [0.5, 0.6) is 5.75 Å². The molecule has 2 rings (SSSR count). The topological polar surface area (TPSA) is 41.6 Å². The van der Waals surface area contributed by atoms with Crippen LogP contribution in [-0.2, 0) is 4.79 Å². The number of halogens is 3. The molecule has 2 atom stereocenters. The van der Waals surface area contributed by atoms with E-state index in [2.05, 4.69) is 5.32 Å². The maximum Gasteiger partial charge on any atom is 0.260 e. The predicted octanol–water partition coefficient (Wildman–Crippen LogP) is 2.49. The molecule has 2 unspecified atom stereocenters. The highest BCUT2D eigenvalue weighted by Gasteiger charge is 2.28. The van der Waals surface area contributed by atoms with Gasteiger partial charge in [0.05, 0.1) is 5.02 Å². The van der Waals surface area contributed by atoms with Gasteiger partial charge in [-0.1, -0.05) is 11.6 Å². The quantitative estimate of drug-likeness (QED) is 0.921. The number of amides is 1. The molecular weight excluding hydrogens is 318 g/mol. The van der Waals surface area contributed by atoms with Crippen LogP contribution in [0.4, 0.5) is 4.39 Å². The molecule has 0 aromatic heterocycles. The van der Waals surface area contributed by atoms with Crippen molar-refractivity contribution in [2.45, 2.75) is 25.9 Å². The molecule has 1 aliphatic heterocycles. The highest BCUT2D eigenvalue weighted by Crippen LogP contribution is 2.21. The van der Waals surface area contributed by atoms with Crippen molar-refractivity contribution in [3.63, 3.8) is 0 Å². The average Bonchev–Trinajstić information content (AvgIpc) is 2.43. The Morgan fingerprint density at radius 2 is 2.24 bits per heavy atom. The Balaban J connectivity index is 0.00000220. The van der Waals surface area contributed by atoms with Crippen LogP contribution in [0, 0.1) is 5.82 Å². The number of carbonyl (C=O) groups excluding carboxylic acids is 1. The molecule has 0 saturated carbocycles. The van der Waals surface area contributed by atoms with E-state index < -0.39 is 5.82 Å². The second-order valence-corrected chi connectivity index (χ2v) is 5.34. The van der Waals surface area contributed by atoms with E-state index in [1.54, 1.807) is 4.90 Å². The maximum atomic E-state index is 13.0. The van der Waals surface area contributed by atoms with Gasteiger partial charge >= 0.3 is 0 Å². The standard InChI is InChI=1S/C14H18ClFN2O2.ClH/c1-9-10(2)18(6-5-17-9)14(19)8-20-11-3-4-13(16)12(15)7-11;/h3-4,7,9-10,17H,5-6,8H2,1-2H3;1H. The number of nitrogens with zero attached hydrogens (tertiary/aromatic N) is 1. The van der Waals surface area contributed by atoms with Crippen molar-refractivity contribution in [2.24, 2.45) is 0 Å². The van der Waals surface area contributed by atoms with Crippen molar-refractivity contribution < 1.29 is 13.9 Å². The monoisotopic (exact) mass is 336 g/mol. The largest absolute Gasteiger partial charge is 0.484 e. The van der Waals surface area contributed by atoms with Gasteiger partial charge in [-0.3, -0.25) is 4.79 Å². The summed E-state index contributed by atoms with van der Waals surface area (Å²) in [6.45, 7) is 5.42. The smallest absolute Gasteiger partial charge is 0.260 e. The molecule has 0 aliphatic carbocycles. The van der Waals surface area contributed by atoms with Gasteiger partial charge in [-0.25, -0.2) is 4.39 Å². The zero-order valence-corrected chi connectivity index (χ0v) is 13.5. The van der Waals surface area contributed by atoms with Crippen LogP contribution in [0.15, 0.2) is 18.2 Å². The zero-order valence-electron chi connectivity index (χ0n) is 11.9. The first kappa shape index (κ1) is 18.0. The fourth-order valence-electron chi connectivity index (χ4n) is 2.20. The number of benzene rings is 1. The molecule has 1 aromatic rings. The van der Waals surface area contributed by atoms with E-state index in [1.165, 1.54) is 18.2 Å². The van der Waals surface area contributed by atoms with Crippen LogP contribution in [0.25, 0.3) is 0 Å². The Kier molecular flexibility index (Phi) is 6.71. The number of nitrogens with one attached hydrogen (secondary N) is 1. The normalized spacial score (nSPS) is 21.6. The first-order valence-electron chi connectivity index (χ1n) is 6.59. The lowest BCUT2D eigenvalue weighted by Gasteiger charge is -2.38. The molecule has 1 amide bonds. The molecule has 118 valence electrons. The first-order chi connectivity index (χ1) is 9.49. The summed E-state index contributed by atoms with van der Waals surface area (Å²) in [6.07, 6.45) is 0. The van der Waals surface area contributed by atoms with Gasteiger partial charge < -0.3 is 15.0 Å². The number of hydrogen-bond acceptors (Lipinski definition) is 3. The van der Waals surface area contributed by atoms with Crippen LogP contribution in [0.2, 0.25) is 5.02 Å². The van der Waals surface area contributed by atoms with Crippen LogP contribution < -0.4 is 10.1 Å². The molecule has 0 radical (unpaired) electrons. The summed E-state index contributed by atoms with van der Waals surface area (Å²) in [6, 6.07) is 4.42. The van der Waals surface area contributed by atoms with Crippen LogP contribution in [0.3, 0.4) is 0 Å². The van der Waals surface area contributed by atoms with E-state index in [0.29, 0.717) is 12.3 Å². The van der Waals surface area contributed by atoms with Crippen molar-refractivity contribution in [1.29, 1.82) is 0 Å². The Morgan fingerprint density at radius 3 is 2.90 bits per heavy atom. The van der Waals surface area contributed by atoms with Gasteiger partial charge in [-0.2, -0.15) is 0 Å².